The van der Waals surface area contributed by atoms with E-state index >= 15 is 0 Å². The fourth-order valence-electron chi connectivity index (χ4n) is 2.50. The summed E-state index contributed by atoms with van der Waals surface area (Å²) in [6, 6.07) is 8.64. The first-order valence-corrected chi connectivity index (χ1v) is 7.45. The molecule has 1 N–H and O–H groups in total. The number of aliphatic hydroxyl groups excluding tert-OH is 1. The number of benzene rings is 1. The van der Waals surface area contributed by atoms with Gasteiger partial charge in [-0.2, -0.15) is 0 Å². The molecule has 0 saturated heterocycles. The number of hydrogen-bond acceptors (Lipinski definition) is 3. The van der Waals surface area contributed by atoms with Crippen LogP contribution in [-0.4, -0.2) is 20.1 Å². The van der Waals surface area contributed by atoms with E-state index in [-0.39, 0.29) is 17.9 Å². The Balaban J connectivity index is 2.25. The molecular weight excluding hydrogens is 262 g/mol. The maximum absolute atomic E-state index is 9.36. The van der Waals surface area contributed by atoms with E-state index in [1.165, 1.54) is 11.1 Å². The van der Waals surface area contributed by atoms with Crippen LogP contribution in [0, 0.1) is 0 Å². The van der Waals surface area contributed by atoms with Crippen LogP contribution in [0.2, 0.25) is 0 Å². The van der Waals surface area contributed by atoms with Gasteiger partial charge in [-0.3, -0.25) is 0 Å². The molecule has 0 fully saturated rings. The van der Waals surface area contributed by atoms with E-state index in [0.717, 1.165) is 5.69 Å². The second kappa shape index (κ2) is 5.98. The molecule has 1 aromatic heterocycles. The fourth-order valence-corrected chi connectivity index (χ4v) is 2.50. The third-order valence-electron chi connectivity index (χ3n) is 3.70. The Morgan fingerprint density at radius 1 is 1.14 bits per heavy atom. The van der Waals surface area contributed by atoms with Crippen LogP contribution in [0.15, 0.2) is 24.3 Å². The van der Waals surface area contributed by atoms with Gasteiger partial charge in [0.2, 0.25) is 0 Å². The maximum atomic E-state index is 9.36. The lowest BCUT2D eigenvalue weighted by molar-refractivity contribution is 0.275. The summed E-state index contributed by atoms with van der Waals surface area (Å²) in [6.45, 7) is 11.5. The van der Waals surface area contributed by atoms with Gasteiger partial charge in [-0.05, 0) is 22.5 Å². The van der Waals surface area contributed by atoms with Crippen LogP contribution in [0.4, 0.5) is 0 Å². The Morgan fingerprint density at radius 2 is 1.76 bits per heavy atom. The summed E-state index contributed by atoms with van der Waals surface area (Å²) in [5.74, 6) is 0.288. The minimum Gasteiger partial charge on any atom is -0.390 e. The number of aromatic nitrogens is 3. The van der Waals surface area contributed by atoms with Crippen molar-refractivity contribution in [2.24, 2.45) is 0 Å². The highest BCUT2D eigenvalue weighted by atomic mass is 16.3. The molecule has 0 atom stereocenters. The standard InChI is InChI=1S/C17H25N3O/c1-12(2)16-15(11-21)18-19-20(16)10-13-6-8-14(9-7-13)17(3,4)5/h6-9,12,21H,10-11H2,1-5H3. The van der Waals surface area contributed by atoms with Crippen molar-refractivity contribution in [2.75, 3.05) is 0 Å². The average molecular weight is 287 g/mol. The van der Waals surface area contributed by atoms with Gasteiger partial charge in [0.25, 0.3) is 0 Å². The molecule has 0 spiro atoms. The van der Waals surface area contributed by atoms with Crippen LogP contribution in [0.5, 0.6) is 0 Å². The van der Waals surface area contributed by atoms with Crippen molar-refractivity contribution < 1.29 is 5.11 Å². The lowest BCUT2D eigenvalue weighted by atomic mass is 9.87. The highest BCUT2D eigenvalue weighted by Crippen LogP contribution is 2.23. The minimum absolute atomic E-state index is 0.0591. The van der Waals surface area contributed by atoms with Crippen LogP contribution in [-0.2, 0) is 18.6 Å². The molecule has 2 rings (SSSR count). The average Bonchev–Trinajstić information content (AvgIpc) is 2.81. The van der Waals surface area contributed by atoms with E-state index in [0.29, 0.717) is 12.2 Å². The summed E-state index contributed by atoms with van der Waals surface area (Å²) in [5, 5.41) is 17.6. The molecule has 114 valence electrons. The summed E-state index contributed by atoms with van der Waals surface area (Å²) in [4.78, 5) is 0. The van der Waals surface area contributed by atoms with Gasteiger partial charge >= 0.3 is 0 Å². The predicted octanol–water partition coefficient (Wildman–Crippen LogP) is 3.24. The van der Waals surface area contributed by atoms with Crippen molar-refractivity contribution >= 4 is 0 Å². The predicted molar refractivity (Wildman–Crippen MR) is 84.3 cm³/mol. The SMILES string of the molecule is CC(C)c1c(CO)nnn1Cc1ccc(C(C)(C)C)cc1. The molecule has 4 heteroatoms. The van der Waals surface area contributed by atoms with Crippen molar-refractivity contribution in [3.63, 3.8) is 0 Å². The van der Waals surface area contributed by atoms with Crippen molar-refractivity contribution in [1.82, 2.24) is 15.0 Å². The van der Waals surface area contributed by atoms with Crippen LogP contribution in [0.1, 0.15) is 63.1 Å². The molecule has 1 heterocycles. The van der Waals surface area contributed by atoms with E-state index in [9.17, 15) is 5.11 Å². The maximum Gasteiger partial charge on any atom is 0.112 e. The van der Waals surface area contributed by atoms with Crippen molar-refractivity contribution in [2.45, 2.75) is 59.1 Å². The topological polar surface area (TPSA) is 50.9 Å². The number of hydrogen-bond donors (Lipinski definition) is 1. The van der Waals surface area contributed by atoms with Crippen molar-refractivity contribution in [1.29, 1.82) is 0 Å². The Hall–Kier alpha value is -1.68. The first kappa shape index (κ1) is 15.7. The van der Waals surface area contributed by atoms with Gasteiger partial charge in [0.05, 0.1) is 18.8 Å². The van der Waals surface area contributed by atoms with Crippen LogP contribution in [0.25, 0.3) is 0 Å². The summed E-state index contributed by atoms with van der Waals surface area (Å²) >= 11 is 0. The Bertz CT molecular complexity index is 591. The zero-order valence-corrected chi connectivity index (χ0v) is 13.6. The number of nitrogens with zero attached hydrogens (tertiary/aromatic N) is 3. The normalized spacial score (nSPS) is 12.1. The van der Waals surface area contributed by atoms with Crippen molar-refractivity contribution in [3.8, 4) is 0 Å². The van der Waals surface area contributed by atoms with E-state index in [2.05, 4.69) is 69.2 Å². The van der Waals surface area contributed by atoms with Gasteiger partial charge in [-0.15, -0.1) is 5.10 Å². The quantitative estimate of drug-likeness (QED) is 0.939. The Kier molecular flexibility index (Phi) is 4.47. The lowest BCUT2D eigenvalue weighted by Gasteiger charge is -2.19. The van der Waals surface area contributed by atoms with Gasteiger partial charge in [-0.25, -0.2) is 4.68 Å². The largest absolute Gasteiger partial charge is 0.390 e. The van der Waals surface area contributed by atoms with Gasteiger partial charge in [0.1, 0.15) is 5.69 Å². The lowest BCUT2D eigenvalue weighted by Crippen LogP contribution is -2.12. The first-order chi connectivity index (χ1) is 9.82. The van der Waals surface area contributed by atoms with E-state index < -0.39 is 0 Å². The molecule has 0 amide bonds. The molecule has 21 heavy (non-hydrogen) atoms. The third kappa shape index (κ3) is 3.50. The van der Waals surface area contributed by atoms with Gasteiger partial charge < -0.3 is 5.11 Å². The number of rotatable bonds is 4. The highest BCUT2D eigenvalue weighted by Gasteiger charge is 2.16. The van der Waals surface area contributed by atoms with Crippen molar-refractivity contribution in [3.05, 3.63) is 46.8 Å². The zero-order valence-electron chi connectivity index (χ0n) is 13.6. The zero-order chi connectivity index (χ0) is 15.6. The summed E-state index contributed by atoms with van der Waals surface area (Å²) in [5.41, 5.74) is 4.37. The monoisotopic (exact) mass is 287 g/mol. The minimum atomic E-state index is -0.0591. The van der Waals surface area contributed by atoms with Crippen LogP contribution >= 0.6 is 0 Å². The molecule has 0 bridgehead atoms. The van der Waals surface area contributed by atoms with Gasteiger partial charge in [0.15, 0.2) is 0 Å². The molecule has 0 saturated carbocycles. The molecule has 1 aromatic carbocycles. The summed E-state index contributed by atoms with van der Waals surface area (Å²) in [7, 11) is 0. The Morgan fingerprint density at radius 3 is 2.24 bits per heavy atom. The smallest absolute Gasteiger partial charge is 0.112 e. The van der Waals surface area contributed by atoms with Gasteiger partial charge in [-0.1, -0.05) is 64.1 Å². The summed E-state index contributed by atoms with van der Waals surface area (Å²) in [6.07, 6.45) is 0. The Labute approximate surface area is 126 Å². The van der Waals surface area contributed by atoms with E-state index in [1.807, 2.05) is 4.68 Å². The second-order valence-electron chi connectivity index (χ2n) is 6.84. The molecule has 0 radical (unpaired) electrons. The first-order valence-electron chi connectivity index (χ1n) is 7.45. The molecule has 0 aliphatic carbocycles. The van der Waals surface area contributed by atoms with Crippen LogP contribution in [0.3, 0.4) is 0 Å². The molecule has 0 aliphatic rings. The van der Waals surface area contributed by atoms with Crippen LogP contribution < -0.4 is 0 Å². The molecule has 0 unspecified atom stereocenters. The molecular formula is C17H25N3O. The molecule has 0 aliphatic heterocycles. The second-order valence-corrected chi connectivity index (χ2v) is 6.84. The summed E-state index contributed by atoms with van der Waals surface area (Å²) < 4.78 is 1.89. The third-order valence-corrected chi connectivity index (χ3v) is 3.70. The number of aliphatic hydroxyl groups is 1. The van der Waals surface area contributed by atoms with Gasteiger partial charge in [0, 0.05) is 0 Å². The molecule has 4 nitrogen and oxygen atoms in total. The van der Waals surface area contributed by atoms with E-state index in [1.54, 1.807) is 0 Å². The fraction of sp³-hybridized carbons (Fsp3) is 0.529. The van der Waals surface area contributed by atoms with E-state index in [4.69, 9.17) is 0 Å². The highest BCUT2D eigenvalue weighted by molar-refractivity contribution is 5.28. The molecule has 2 aromatic rings.